The lowest BCUT2D eigenvalue weighted by Gasteiger charge is -2.08. The Bertz CT molecular complexity index is 987. The number of pyridine rings is 1. The standard InChI is InChI=1S/C22H20ClN3O2/c1-15(27)17-5-3-7-20(13-17)26-22(28)18-8-9-21(25-14-18)24-11-10-16-4-2-6-19(23)12-16/h2-9,12-14H,10-11H2,1H3,(H,24,25)(H,26,28). The highest BCUT2D eigenvalue weighted by Crippen LogP contribution is 2.14. The van der Waals surface area contributed by atoms with Crippen LogP contribution in [0.1, 0.15) is 33.2 Å². The Balaban J connectivity index is 1.55. The Morgan fingerprint density at radius 1 is 1.00 bits per heavy atom. The summed E-state index contributed by atoms with van der Waals surface area (Å²) in [6.45, 7) is 2.19. The number of halogens is 1. The number of amides is 1. The van der Waals surface area contributed by atoms with Crippen molar-refractivity contribution >= 4 is 34.8 Å². The topological polar surface area (TPSA) is 71.1 Å². The van der Waals surface area contributed by atoms with E-state index in [1.54, 1.807) is 36.4 Å². The van der Waals surface area contributed by atoms with Gasteiger partial charge in [0, 0.05) is 29.0 Å². The van der Waals surface area contributed by atoms with Crippen LogP contribution in [-0.4, -0.2) is 23.2 Å². The van der Waals surface area contributed by atoms with Crippen LogP contribution in [0.3, 0.4) is 0 Å². The third kappa shape index (κ3) is 5.41. The summed E-state index contributed by atoms with van der Waals surface area (Å²) in [4.78, 5) is 28.1. The van der Waals surface area contributed by atoms with Crippen molar-refractivity contribution in [2.24, 2.45) is 0 Å². The quantitative estimate of drug-likeness (QED) is 0.563. The second-order valence-corrected chi connectivity index (χ2v) is 6.77. The van der Waals surface area contributed by atoms with Crippen LogP contribution in [0.15, 0.2) is 66.9 Å². The second kappa shape index (κ2) is 9.15. The molecule has 1 aromatic heterocycles. The molecule has 2 N–H and O–H groups in total. The van der Waals surface area contributed by atoms with Crippen LogP contribution in [0.5, 0.6) is 0 Å². The van der Waals surface area contributed by atoms with Gasteiger partial charge in [0.15, 0.2) is 5.78 Å². The molecule has 5 nitrogen and oxygen atoms in total. The summed E-state index contributed by atoms with van der Waals surface area (Å²) >= 11 is 5.98. The van der Waals surface area contributed by atoms with E-state index in [0.717, 1.165) is 17.0 Å². The van der Waals surface area contributed by atoms with Gasteiger partial charge in [-0.15, -0.1) is 0 Å². The Hall–Kier alpha value is -3.18. The molecule has 142 valence electrons. The molecule has 0 saturated heterocycles. The highest BCUT2D eigenvalue weighted by atomic mass is 35.5. The molecule has 0 aliphatic rings. The molecule has 1 amide bonds. The molecule has 0 saturated carbocycles. The van der Waals surface area contributed by atoms with E-state index in [-0.39, 0.29) is 11.7 Å². The van der Waals surface area contributed by atoms with Crippen molar-refractivity contribution in [2.45, 2.75) is 13.3 Å². The fourth-order valence-electron chi connectivity index (χ4n) is 2.68. The minimum atomic E-state index is -0.279. The number of anilines is 2. The van der Waals surface area contributed by atoms with Gasteiger partial charge in [-0.05, 0) is 55.3 Å². The van der Waals surface area contributed by atoms with Gasteiger partial charge in [-0.25, -0.2) is 4.98 Å². The monoisotopic (exact) mass is 393 g/mol. The first-order chi connectivity index (χ1) is 13.5. The molecule has 28 heavy (non-hydrogen) atoms. The molecule has 2 aromatic carbocycles. The van der Waals surface area contributed by atoms with E-state index in [0.29, 0.717) is 29.2 Å². The molecule has 0 aliphatic carbocycles. The van der Waals surface area contributed by atoms with Gasteiger partial charge >= 0.3 is 0 Å². The molecule has 0 bridgehead atoms. The van der Waals surface area contributed by atoms with Gasteiger partial charge in [0.25, 0.3) is 5.91 Å². The zero-order valence-corrected chi connectivity index (χ0v) is 16.2. The van der Waals surface area contributed by atoms with Crippen LogP contribution in [-0.2, 0) is 6.42 Å². The predicted molar refractivity (Wildman–Crippen MR) is 112 cm³/mol. The molecule has 3 aromatic rings. The van der Waals surface area contributed by atoms with Gasteiger partial charge in [-0.1, -0.05) is 35.9 Å². The number of nitrogens with zero attached hydrogens (tertiary/aromatic N) is 1. The first kappa shape index (κ1) is 19.6. The molecule has 0 radical (unpaired) electrons. The van der Waals surface area contributed by atoms with Crippen molar-refractivity contribution in [1.82, 2.24) is 4.98 Å². The predicted octanol–water partition coefficient (Wildman–Crippen LogP) is 4.84. The number of rotatable bonds is 7. The Labute approximate surface area is 168 Å². The van der Waals surface area contributed by atoms with E-state index in [4.69, 9.17) is 11.6 Å². The summed E-state index contributed by atoms with van der Waals surface area (Å²) in [7, 11) is 0. The van der Waals surface area contributed by atoms with E-state index in [1.165, 1.54) is 13.1 Å². The summed E-state index contributed by atoms with van der Waals surface area (Å²) in [5.74, 6) is 0.363. The van der Waals surface area contributed by atoms with E-state index < -0.39 is 0 Å². The van der Waals surface area contributed by atoms with Crippen LogP contribution < -0.4 is 10.6 Å². The number of hydrogen-bond donors (Lipinski definition) is 2. The summed E-state index contributed by atoms with van der Waals surface area (Å²) in [5.41, 5.74) is 2.70. The van der Waals surface area contributed by atoms with Gasteiger partial charge < -0.3 is 10.6 Å². The number of benzene rings is 2. The number of carbonyl (C=O) groups excluding carboxylic acids is 2. The van der Waals surface area contributed by atoms with Gasteiger partial charge in [0.2, 0.25) is 0 Å². The average Bonchev–Trinajstić information content (AvgIpc) is 2.69. The van der Waals surface area contributed by atoms with Crippen molar-refractivity contribution in [3.8, 4) is 0 Å². The molecule has 0 fully saturated rings. The fraction of sp³-hybridized carbons (Fsp3) is 0.136. The Morgan fingerprint density at radius 2 is 1.82 bits per heavy atom. The van der Waals surface area contributed by atoms with Crippen LogP contribution in [0.4, 0.5) is 11.5 Å². The van der Waals surface area contributed by atoms with E-state index in [2.05, 4.69) is 15.6 Å². The summed E-state index contributed by atoms with van der Waals surface area (Å²) in [6, 6.07) is 18.0. The van der Waals surface area contributed by atoms with Crippen LogP contribution in [0, 0.1) is 0 Å². The molecule has 0 spiro atoms. The minimum Gasteiger partial charge on any atom is -0.370 e. The highest BCUT2D eigenvalue weighted by molar-refractivity contribution is 6.30. The lowest BCUT2D eigenvalue weighted by Crippen LogP contribution is -2.13. The van der Waals surface area contributed by atoms with E-state index in [9.17, 15) is 9.59 Å². The normalized spacial score (nSPS) is 10.4. The lowest BCUT2D eigenvalue weighted by atomic mass is 10.1. The summed E-state index contributed by atoms with van der Waals surface area (Å²) in [6.07, 6.45) is 2.34. The van der Waals surface area contributed by atoms with Crippen molar-refractivity contribution in [3.63, 3.8) is 0 Å². The summed E-state index contributed by atoms with van der Waals surface area (Å²) in [5, 5.41) is 6.73. The maximum absolute atomic E-state index is 12.4. The third-order valence-corrected chi connectivity index (χ3v) is 4.40. The number of aromatic nitrogens is 1. The Kier molecular flexibility index (Phi) is 6.40. The van der Waals surface area contributed by atoms with Crippen molar-refractivity contribution < 1.29 is 9.59 Å². The summed E-state index contributed by atoms with van der Waals surface area (Å²) < 4.78 is 0. The molecular formula is C22H20ClN3O2. The van der Waals surface area contributed by atoms with Gasteiger partial charge in [0.1, 0.15) is 5.82 Å². The average molecular weight is 394 g/mol. The molecule has 0 aliphatic heterocycles. The minimum absolute atomic E-state index is 0.0500. The first-order valence-electron chi connectivity index (χ1n) is 8.88. The number of ketones is 1. The molecule has 6 heteroatoms. The number of carbonyl (C=O) groups is 2. The molecule has 1 heterocycles. The van der Waals surface area contributed by atoms with Gasteiger partial charge in [0.05, 0.1) is 5.56 Å². The van der Waals surface area contributed by atoms with Gasteiger partial charge in [-0.3, -0.25) is 9.59 Å². The van der Waals surface area contributed by atoms with E-state index >= 15 is 0 Å². The molecule has 3 rings (SSSR count). The number of hydrogen-bond acceptors (Lipinski definition) is 4. The Morgan fingerprint density at radius 3 is 2.54 bits per heavy atom. The first-order valence-corrected chi connectivity index (χ1v) is 9.26. The zero-order chi connectivity index (χ0) is 19.9. The third-order valence-electron chi connectivity index (χ3n) is 4.16. The number of Topliss-reactive ketones (excluding diaryl/α,β-unsaturated/α-hetero) is 1. The van der Waals surface area contributed by atoms with Gasteiger partial charge in [-0.2, -0.15) is 0 Å². The highest BCUT2D eigenvalue weighted by Gasteiger charge is 2.08. The SMILES string of the molecule is CC(=O)c1cccc(NC(=O)c2ccc(NCCc3cccc(Cl)c3)nc2)c1. The largest absolute Gasteiger partial charge is 0.370 e. The lowest BCUT2D eigenvalue weighted by molar-refractivity contribution is 0.101. The van der Waals surface area contributed by atoms with Crippen molar-refractivity contribution in [2.75, 3.05) is 17.2 Å². The maximum Gasteiger partial charge on any atom is 0.257 e. The van der Waals surface area contributed by atoms with Crippen molar-refractivity contribution in [1.29, 1.82) is 0 Å². The zero-order valence-electron chi connectivity index (χ0n) is 15.4. The molecular weight excluding hydrogens is 374 g/mol. The smallest absolute Gasteiger partial charge is 0.257 e. The second-order valence-electron chi connectivity index (χ2n) is 6.33. The number of nitrogens with one attached hydrogen (secondary N) is 2. The van der Waals surface area contributed by atoms with Crippen molar-refractivity contribution in [3.05, 3.63) is 88.6 Å². The van der Waals surface area contributed by atoms with Crippen LogP contribution in [0.25, 0.3) is 0 Å². The maximum atomic E-state index is 12.4. The molecule has 0 atom stereocenters. The van der Waals surface area contributed by atoms with E-state index in [1.807, 2.05) is 24.3 Å². The fourth-order valence-corrected chi connectivity index (χ4v) is 2.89. The molecule has 0 unspecified atom stereocenters. The van der Waals surface area contributed by atoms with Crippen LogP contribution >= 0.6 is 11.6 Å². The van der Waals surface area contributed by atoms with Crippen LogP contribution in [0.2, 0.25) is 5.02 Å².